The van der Waals surface area contributed by atoms with E-state index in [1.54, 1.807) is 0 Å². The summed E-state index contributed by atoms with van der Waals surface area (Å²) in [7, 11) is 0. The first-order valence-electron chi connectivity index (χ1n) is 8.20. The van der Waals surface area contributed by atoms with E-state index in [1.165, 1.54) is 70.6 Å². The average Bonchev–Trinajstić information content (AvgIpc) is 2.29. The van der Waals surface area contributed by atoms with Gasteiger partial charge in [-0.05, 0) is 18.3 Å². The molecular weight excluding hydrogens is 204 g/mol. The monoisotopic (exact) mass is 240 g/mol. The number of hydrogen-bond acceptors (Lipinski definition) is 0. The zero-order chi connectivity index (χ0) is 12.9. The fraction of sp³-hybridized carbons (Fsp3) is 1.00. The van der Waals surface area contributed by atoms with Crippen LogP contribution in [-0.4, -0.2) is 0 Å². The van der Waals surface area contributed by atoms with Gasteiger partial charge in [-0.25, -0.2) is 0 Å². The van der Waals surface area contributed by atoms with Crippen molar-refractivity contribution in [1.29, 1.82) is 0 Å². The van der Waals surface area contributed by atoms with Crippen LogP contribution in [0.5, 0.6) is 0 Å². The van der Waals surface area contributed by atoms with Gasteiger partial charge in [-0.3, -0.25) is 0 Å². The minimum atomic E-state index is 0.951. The van der Waals surface area contributed by atoms with Crippen molar-refractivity contribution in [3.05, 3.63) is 0 Å². The van der Waals surface area contributed by atoms with Crippen LogP contribution in [0.25, 0.3) is 0 Å². The molecule has 0 saturated carbocycles. The Hall–Kier alpha value is 0. The summed E-state index contributed by atoms with van der Waals surface area (Å²) >= 11 is 0. The predicted octanol–water partition coefficient (Wildman–Crippen LogP) is 6.59. The van der Waals surface area contributed by atoms with Gasteiger partial charge in [0.1, 0.15) is 0 Å². The first-order chi connectivity index (χ1) is 8.20. The SMILES string of the molecule is CCCCCCCC(C)CC(C)CCCCC. The molecule has 0 aromatic heterocycles. The second-order valence-electron chi connectivity index (χ2n) is 6.14. The fourth-order valence-corrected chi connectivity index (χ4v) is 2.76. The molecule has 17 heavy (non-hydrogen) atoms. The van der Waals surface area contributed by atoms with E-state index in [1.807, 2.05) is 0 Å². The van der Waals surface area contributed by atoms with Gasteiger partial charge in [0.25, 0.3) is 0 Å². The molecule has 0 heteroatoms. The summed E-state index contributed by atoms with van der Waals surface area (Å²) in [5.41, 5.74) is 0. The van der Waals surface area contributed by atoms with Crippen LogP contribution in [0.1, 0.15) is 98.3 Å². The molecule has 0 N–H and O–H groups in total. The maximum atomic E-state index is 2.45. The third-order valence-corrected chi connectivity index (χ3v) is 3.91. The van der Waals surface area contributed by atoms with Gasteiger partial charge in [0, 0.05) is 0 Å². The molecule has 0 bridgehead atoms. The maximum absolute atomic E-state index is 2.45. The molecule has 2 unspecified atom stereocenters. The Morgan fingerprint density at radius 1 is 0.588 bits per heavy atom. The largest absolute Gasteiger partial charge is 0.0654 e. The molecule has 0 heterocycles. The third-order valence-electron chi connectivity index (χ3n) is 3.91. The topological polar surface area (TPSA) is 0 Å². The second-order valence-corrected chi connectivity index (χ2v) is 6.14. The van der Waals surface area contributed by atoms with Gasteiger partial charge >= 0.3 is 0 Å². The van der Waals surface area contributed by atoms with Crippen molar-refractivity contribution in [3.63, 3.8) is 0 Å². The van der Waals surface area contributed by atoms with E-state index in [0.717, 1.165) is 11.8 Å². The van der Waals surface area contributed by atoms with E-state index in [2.05, 4.69) is 27.7 Å². The zero-order valence-corrected chi connectivity index (χ0v) is 12.9. The van der Waals surface area contributed by atoms with Crippen molar-refractivity contribution in [3.8, 4) is 0 Å². The standard InChI is InChI=1S/C17H36/c1-5-7-9-10-12-14-17(4)15-16(3)13-11-8-6-2/h16-17H,5-15H2,1-4H3. The summed E-state index contributed by atoms with van der Waals surface area (Å²) < 4.78 is 0. The fourth-order valence-electron chi connectivity index (χ4n) is 2.76. The first kappa shape index (κ1) is 17.0. The highest BCUT2D eigenvalue weighted by Gasteiger charge is 2.08. The lowest BCUT2D eigenvalue weighted by Gasteiger charge is -2.17. The molecule has 0 spiro atoms. The smallest absolute Gasteiger partial charge is 0.0440 e. The molecule has 0 radical (unpaired) electrons. The lowest BCUT2D eigenvalue weighted by atomic mass is 9.89. The zero-order valence-electron chi connectivity index (χ0n) is 12.9. The molecule has 0 fully saturated rings. The van der Waals surface area contributed by atoms with Crippen LogP contribution in [0.2, 0.25) is 0 Å². The Kier molecular flexibility index (Phi) is 12.5. The molecule has 0 aromatic rings. The minimum Gasteiger partial charge on any atom is -0.0654 e. The quantitative estimate of drug-likeness (QED) is 0.338. The highest BCUT2D eigenvalue weighted by atomic mass is 14.1. The van der Waals surface area contributed by atoms with Crippen molar-refractivity contribution in [2.75, 3.05) is 0 Å². The Morgan fingerprint density at radius 3 is 1.53 bits per heavy atom. The van der Waals surface area contributed by atoms with E-state index < -0.39 is 0 Å². The summed E-state index contributed by atoms with van der Waals surface area (Å²) in [4.78, 5) is 0. The van der Waals surface area contributed by atoms with Gasteiger partial charge < -0.3 is 0 Å². The van der Waals surface area contributed by atoms with E-state index in [4.69, 9.17) is 0 Å². The van der Waals surface area contributed by atoms with Crippen LogP contribution in [0, 0.1) is 11.8 Å². The molecule has 104 valence electrons. The highest BCUT2D eigenvalue weighted by Crippen LogP contribution is 2.22. The summed E-state index contributed by atoms with van der Waals surface area (Å²) in [6, 6.07) is 0. The van der Waals surface area contributed by atoms with Crippen molar-refractivity contribution in [2.45, 2.75) is 98.3 Å². The Balaban J connectivity index is 3.34. The van der Waals surface area contributed by atoms with Crippen LogP contribution in [0.3, 0.4) is 0 Å². The normalized spacial score (nSPS) is 14.8. The maximum Gasteiger partial charge on any atom is -0.0440 e. The molecule has 0 aromatic carbocycles. The number of hydrogen-bond donors (Lipinski definition) is 0. The van der Waals surface area contributed by atoms with Gasteiger partial charge in [0.2, 0.25) is 0 Å². The summed E-state index contributed by atoms with van der Waals surface area (Å²) in [5, 5.41) is 0. The molecular formula is C17H36. The molecule has 0 aliphatic carbocycles. The summed E-state index contributed by atoms with van der Waals surface area (Å²) in [6.07, 6.45) is 15.8. The van der Waals surface area contributed by atoms with Gasteiger partial charge in [-0.15, -0.1) is 0 Å². The molecule has 0 rings (SSSR count). The van der Waals surface area contributed by atoms with Gasteiger partial charge in [-0.1, -0.05) is 91.9 Å². The van der Waals surface area contributed by atoms with Crippen LogP contribution in [-0.2, 0) is 0 Å². The van der Waals surface area contributed by atoms with Crippen molar-refractivity contribution >= 4 is 0 Å². The third kappa shape index (κ3) is 12.2. The predicted molar refractivity (Wildman–Crippen MR) is 80.5 cm³/mol. The second kappa shape index (κ2) is 12.5. The van der Waals surface area contributed by atoms with Crippen LogP contribution < -0.4 is 0 Å². The molecule has 0 saturated heterocycles. The Labute approximate surface area is 111 Å². The lowest BCUT2D eigenvalue weighted by Crippen LogP contribution is -2.03. The van der Waals surface area contributed by atoms with Crippen LogP contribution in [0.15, 0.2) is 0 Å². The number of rotatable bonds is 12. The molecule has 2 atom stereocenters. The van der Waals surface area contributed by atoms with Crippen molar-refractivity contribution in [2.24, 2.45) is 11.8 Å². The van der Waals surface area contributed by atoms with Gasteiger partial charge in [0.05, 0.1) is 0 Å². The molecule has 0 aliphatic heterocycles. The highest BCUT2D eigenvalue weighted by molar-refractivity contribution is 4.60. The molecule has 0 amide bonds. The summed E-state index contributed by atoms with van der Waals surface area (Å²) in [5.74, 6) is 1.90. The Bertz CT molecular complexity index is 139. The van der Waals surface area contributed by atoms with E-state index >= 15 is 0 Å². The van der Waals surface area contributed by atoms with Gasteiger partial charge in [0.15, 0.2) is 0 Å². The molecule has 0 aliphatic rings. The van der Waals surface area contributed by atoms with Crippen LogP contribution in [0.4, 0.5) is 0 Å². The van der Waals surface area contributed by atoms with E-state index in [9.17, 15) is 0 Å². The summed E-state index contributed by atoms with van der Waals surface area (Å²) in [6.45, 7) is 9.49. The molecule has 0 nitrogen and oxygen atoms in total. The van der Waals surface area contributed by atoms with Crippen LogP contribution >= 0.6 is 0 Å². The van der Waals surface area contributed by atoms with Crippen molar-refractivity contribution in [1.82, 2.24) is 0 Å². The minimum absolute atomic E-state index is 0.951. The van der Waals surface area contributed by atoms with E-state index in [0.29, 0.717) is 0 Å². The van der Waals surface area contributed by atoms with Crippen molar-refractivity contribution < 1.29 is 0 Å². The lowest BCUT2D eigenvalue weighted by molar-refractivity contribution is 0.358. The first-order valence-corrected chi connectivity index (χ1v) is 8.20. The van der Waals surface area contributed by atoms with E-state index in [-0.39, 0.29) is 0 Å². The Morgan fingerprint density at radius 2 is 1.00 bits per heavy atom. The van der Waals surface area contributed by atoms with Gasteiger partial charge in [-0.2, -0.15) is 0 Å². The number of unbranched alkanes of at least 4 members (excludes halogenated alkanes) is 6. The average molecular weight is 240 g/mol.